The van der Waals surface area contributed by atoms with Crippen LogP contribution in [0.1, 0.15) is 28.9 Å². The van der Waals surface area contributed by atoms with Crippen molar-refractivity contribution in [3.05, 3.63) is 53.6 Å². The molecule has 0 fully saturated rings. The van der Waals surface area contributed by atoms with Crippen LogP contribution in [0, 0.1) is 0 Å². The highest BCUT2D eigenvalue weighted by Crippen LogP contribution is 2.34. The number of hydrogen-bond donors (Lipinski definition) is 2. The van der Waals surface area contributed by atoms with Crippen molar-refractivity contribution in [3.63, 3.8) is 0 Å². The lowest BCUT2D eigenvalue weighted by atomic mass is 10.1. The molecular weight excluding hydrogens is 326 g/mol. The van der Waals surface area contributed by atoms with E-state index in [-0.39, 0.29) is 30.9 Å². The maximum absolute atomic E-state index is 12.0. The molecule has 25 heavy (non-hydrogen) atoms. The highest BCUT2D eigenvalue weighted by atomic mass is 16.7. The Hall–Kier alpha value is -3.22. The second-order valence-corrected chi connectivity index (χ2v) is 5.52. The zero-order valence-electron chi connectivity index (χ0n) is 13.5. The van der Waals surface area contributed by atoms with E-state index in [9.17, 15) is 9.59 Å². The van der Waals surface area contributed by atoms with E-state index in [0.29, 0.717) is 17.2 Å². The van der Waals surface area contributed by atoms with Crippen LogP contribution in [0.5, 0.6) is 17.2 Å². The Bertz CT molecular complexity index is 787. The molecule has 7 heteroatoms. The Morgan fingerprint density at radius 2 is 1.88 bits per heavy atom. The first-order valence-corrected chi connectivity index (χ1v) is 7.68. The standard InChI is InChI=1S/C18H17NO6/c1-11(13-4-7-15-16(8-13)25-10-24-15)19-17(20)9-23-14-5-2-12(3-6-14)18(21)22/h2-8,11H,9-10H2,1H3,(H,19,20)(H,21,22)/t11-/m1/s1. The Kier molecular flexibility index (Phi) is 4.74. The van der Waals surface area contributed by atoms with Gasteiger partial charge >= 0.3 is 5.97 Å². The minimum atomic E-state index is -1.01. The number of carboxylic acids is 1. The number of aromatic carboxylic acids is 1. The van der Waals surface area contributed by atoms with Gasteiger partial charge in [0.2, 0.25) is 6.79 Å². The molecule has 1 atom stereocenters. The van der Waals surface area contributed by atoms with Gasteiger partial charge in [-0.3, -0.25) is 4.79 Å². The Balaban J connectivity index is 1.52. The smallest absolute Gasteiger partial charge is 0.335 e. The van der Waals surface area contributed by atoms with Crippen LogP contribution in [0.2, 0.25) is 0 Å². The minimum absolute atomic E-state index is 0.160. The van der Waals surface area contributed by atoms with Gasteiger partial charge in [-0.05, 0) is 48.9 Å². The first kappa shape index (κ1) is 16.6. The molecule has 1 aliphatic rings. The molecule has 0 aliphatic carbocycles. The summed E-state index contributed by atoms with van der Waals surface area (Å²) in [4.78, 5) is 22.8. The molecule has 0 radical (unpaired) electrons. The van der Waals surface area contributed by atoms with Crippen LogP contribution in [0.4, 0.5) is 0 Å². The van der Waals surface area contributed by atoms with Gasteiger partial charge in [-0.1, -0.05) is 6.07 Å². The lowest BCUT2D eigenvalue weighted by Gasteiger charge is -2.15. The zero-order chi connectivity index (χ0) is 17.8. The molecule has 0 saturated carbocycles. The van der Waals surface area contributed by atoms with Crippen LogP contribution in [0.25, 0.3) is 0 Å². The van der Waals surface area contributed by atoms with Gasteiger partial charge in [-0.15, -0.1) is 0 Å². The van der Waals surface area contributed by atoms with Crippen molar-refractivity contribution < 1.29 is 28.9 Å². The number of carbonyl (C=O) groups excluding carboxylic acids is 1. The largest absolute Gasteiger partial charge is 0.484 e. The molecule has 2 aromatic rings. The van der Waals surface area contributed by atoms with Gasteiger partial charge in [0.25, 0.3) is 5.91 Å². The number of benzene rings is 2. The van der Waals surface area contributed by atoms with E-state index in [1.807, 2.05) is 19.1 Å². The number of hydrogen-bond acceptors (Lipinski definition) is 5. The number of carbonyl (C=O) groups is 2. The van der Waals surface area contributed by atoms with Crippen molar-refractivity contribution in [2.24, 2.45) is 0 Å². The summed E-state index contributed by atoms with van der Waals surface area (Å²) in [5.74, 6) is 0.481. The number of amides is 1. The van der Waals surface area contributed by atoms with Crippen LogP contribution in [-0.4, -0.2) is 30.4 Å². The summed E-state index contributed by atoms with van der Waals surface area (Å²) < 4.78 is 15.9. The van der Waals surface area contributed by atoms with E-state index in [4.69, 9.17) is 19.3 Å². The molecule has 2 aromatic carbocycles. The third-order valence-corrected chi connectivity index (χ3v) is 3.75. The number of fused-ring (bicyclic) bond motifs is 1. The number of nitrogens with one attached hydrogen (secondary N) is 1. The van der Waals surface area contributed by atoms with Gasteiger partial charge in [0.1, 0.15) is 5.75 Å². The lowest BCUT2D eigenvalue weighted by Crippen LogP contribution is -2.31. The molecule has 0 aromatic heterocycles. The summed E-state index contributed by atoms with van der Waals surface area (Å²) in [7, 11) is 0. The number of ether oxygens (including phenoxy) is 3. The predicted octanol–water partition coefficient (Wildman–Crippen LogP) is 2.37. The summed E-state index contributed by atoms with van der Waals surface area (Å²) in [5, 5.41) is 11.7. The van der Waals surface area contributed by atoms with Gasteiger partial charge in [0.15, 0.2) is 18.1 Å². The molecule has 2 N–H and O–H groups in total. The Labute approximate surface area is 144 Å². The normalized spacial score (nSPS) is 13.2. The highest BCUT2D eigenvalue weighted by molar-refractivity contribution is 5.87. The van der Waals surface area contributed by atoms with E-state index in [2.05, 4.69) is 5.32 Å². The molecule has 1 heterocycles. The zero-order valence-corrected chi connectivity index (χ0v) is 13.5. The fourth-order valence-corrected chi connectivity index (χ4v) is 2.39. The second kappa shape index (κ2) is 7.12. The minimum Gasteiger partial charge on any atom is -0.484 e. The summed E-state index contributed by atoms with van der Waals surface area (Å²) in [6.45, 7) is 1.90. The number of carboxylic acid groups (broad SMARTS) is 1. The molecule has 1 aliphatic heterocycles. The van der Waals surface area contributed by atoms with Gasteiger partial charge in [0, 0.05) is 0 Å². The van der Waals surface area contributed by atoms with Crippen molar-refractivity contribution in [2.75, 3.05) is 13.4 Å². The summed E-state index contributed by atoms with van der Waals surface area (Å²) >= 11 is 0. The third-order valence-electron chi connectivity index (χ3n) is 3.75. The van der Waals surface area contributed by atoms with Crippen molar-refractivity contribution in [1.29, 1.82) is 0 Å². The van der Waals surface area contributed by atoms with Crippen molar-refractivity contribution in [1.82, 2.24) is 5.32 Å². The van der Waals surface area contributed by atoms with E-state index in [1.165, 1.54) is 24.3 Å². The molecule has 3 rings (SSSR count). The van der Waals surface area contributed by atoms with Crippen LogP contribution in [0.15, 0.2) is 42.5 Å². The fourth-order valence-electron chi connectivity index (χ4n) is 2.39. The Morgan fingerprint density at radius 1 is 1.16 bits per heavy atom. The van der Waals surface area contributed by atoms with E-state index in [0.717, 1.165) is 5.56 Å². The third kappa shape index (κ3) is 4.00. The summed E-state index contributed by atoms with van der Waals surface area (Å²) in [6, 6.07) is 11.1. The summed E-state index contributed by atoms with van der Waals surface area (Å²) in [5.41, 5.74) is 1.05. The molecule has 0 unspecified atom stereocenters. The molecule has 1 amide bonds. The van der Waals surface area contributed by atoms with Crippen molar-refractivity contribution in [2.45, 2.75) is 13.0 Å². The van der Waals surface area contributed by atoms with Gasteiger partial charge in [-0.2, -0.15) is 0 Å². The highest BCUT2D eigenvalue weighted by Gasteiger charge is 2.17. The van der Waals surface area contributed by atoms with Crippen LogP contribution in [0.3, 0.4) is 0 Å². The fraction of sp³-hybridized carbons (Fsp3) is 0.222. The first-order chi connectivity index (χ1) is 12.0. The van der Waals surface area contributed by atoms with E-state index in [1.54, 1.807) is 6.07 Å². The predicted molar refractivity (Wildman–Crippen MR) is 88.0 cm³/mol. The molecule has 130 valence electrons. The molecule has 0 spiro atoms. The first-order valence-electron chi connectivity index (χ1n) is 7.68. The average Bonchev–Trinajstić information content (AvgIpc) is 3.08. The maximum Gasteiger partial charge on any atom is 0.335 e. The van der Waals surface area contributed by atoms with Gasteiger partial charge < -0.3 is 24.6 Å². The van der Waals surface area contributed by atoms with Gasteiger partial charge in [0.05, 0.1) is 11.6 Å². The molecular formula is C18H17NO6. The average molecular weight is 343 g/mol. The summed E-state index contributed by atoms with van der Waals surface area (Å²) in [6.07, 6.45) is 0. The van der Waals surface area contributed by atoms with Crippen LogP contribution in [-0.2, 0) is 4.79 Å². The van der Waals surface area contributed by atoms with Crippen LogP contribution < -0.4 is 19.5 Å². The Morgan fingerprint density at radius 3 is 2.60 bits per heavy atom. The maximum atomic E-state index is 12.0. The van der Waals surface area contributed by atoms with Crippen molar-refractivity contribution >= 4 is 11.9 Å². The molecule has 7 nitrogen and oxygen atoms in total. The lowest BCUT2D eigenvalue weighted by molar-refractivity contribution is -0.123. The van der Waals surface area contributed by atoms with Gasteiger partial charge in [-0.25, -0.2) is 4.79 Å². The van der Waals surface area contributed by atoms with E-state index >= 15 is 0 Å². The topological polar surface area (TPSA) is 94.1 Å². The monoisotopic (exact) mass is 343 g/mol. The SMILES string of the molecule is C[C@@H](NC(=O)COc1ccc(C(=O)O)cc1)c1ccc2c(c1)OCO2. The molecule has 0 bridgehead atoms. The van der Waals surface area contributed by atoms with Crippen LogP contribution >= 0.6 is 0 Å². The number of rotatable bonds is 6. The second-order valence-electron chi connectivity index (χ2n) is 5.52. The quantitative estimate of drug-likeness (QED) is 0.836. The molecule has 0 saturated heterocycles. The van der Waals surface area contributed by atoms with Crippen molar-refractivity contribution in [3.8, 4) is 17.2 Å². The van der Waals surface area contributed by atoms with E-state index < -0.39 is 5.97 Å².